The zero-order valence-electron chi connectivity index (χ0n) is 7.16. The fourth-order valence-corrected chi connectivity index (χ4v) is 1.10. The molecule has 1 aromatic rings. The fourth-order valence-electron chi connectivity index (χ4n) is 1.10. The molecule has 0 saturated carbocycles. The summed E-state index contributed by atoms with van der Waals surface area (Å²) in [6.45, 7) is 3.62. The monoisotopic (exact) mass is 168 g/mol. The maximum absolute atomic E-state index is 11.4. The van der Waals surface area contributed by atoms with Crippen LogP contribution in [0.15, 0.2) is 4.79 Å². The smallest absolute Gasteiger partial charge is 0.276 e. The Morgan fingerprint density at radius 1 is 1.58 bits per heavy atom. The molecule has 5 heteroatoms. The zero-order valence-corrected chi connectivity index (χ0v) is 7.16. The Bertz CT molecular complexity index is 355. The molecular formula is C7H12N4O. The van der Waals surface area contributed by atoms with Crippen LogP contribution in [0.1, 0.15) is 18.2 Å². The number of hydrogen-bond donors (Lipinski definition) is 2. The van der Waals surface area contributed by atoms with E-state index in [-0.39, 0.29) is 11.5 Å². The molecule has 0 fully saturated rings. The topological polar surface area (TPSA) is 86.9 Å². The van der Waals surface area contributed by atoms with Crippen LogP contribution in [0, 0.1) is 6.92 Å². The number of nitrogen functional groups attached to an aromatic ring is 2. The van der Waals surface area contributed by atoms with Gasteiger partial charge in [0.15, 0.2) is 0 Å². The van der Waals surface area contributed by atoms with Gasteiger partial charge in [-0.25, -0.2) is 4.98 Å². The van der Waals surface area contributed by atoms with E-state index in [1.807, 2.05) is 6.92 Å². The van der Waals surface area contributed by atoms with Gasteiger partial charge in [0.2, 0.25) is 5.95 Å². The molecule has 66 valence electrons. The van der Waals surface area contributed by atoms with Crippen LogP contribution < -0.4 is 17.1 Å². The van der Waals surface area contributed by atoms with Gasteiger partial charge in [-0.3, -0.25) is 4.79 Å². The summed E-state index contributed by atoms with van der Waals surface area (Å²) in [5, 5.41) is 0. The molecule has 0 aromatic carbocycles. The number of hydrogen-bond acceptors (Lipinski definition) is 4. The molecular weight excluding hydrogens is 156 g/mol. The van der Waals surface area contributed by atoms with Crippen LogP contribution in [-0.2, 0) is 6.42 Å². The van der Waals surface area contributed by atoms with E-state index in [0.717, 1.165) is 4.68 Å². The third-order valence-electron chi connectivity index (χ3n) is 1.80. The first-order chi connectivity index (χ1) is 5.57. The Balaban J connectivity index is 3.52. The number of aryl methyl sites for hydroxylation is 1. The van der Waals surface area contributed by atoms with Crippen LogP contribution in [0.2, 0.25) is 0 Å². The first-order valence-corrected chi connectivity index (χ1v) is 3.71. The van der Waals surface area contributed by atoms with Gasteiger partial charge < -0.3 is 11.6 Å². The summed E-state index contributed by atoms with van der Waals surface area (Å²) in [5.74, 6) is 5.39. The third-order valence-corrected chi connectivity index (χ3v) is 1.80. The molecule has 0 spiro atoms. The molecule has 4 N–H and O–H groups in total. The highest BCUT2D eigenvalue weighted by Crippen LogP contribution is 2.00. The predicted octanol–water partition coefficient (Wildman–Crippen LogP) is -0.590. The summed E-state index contributed by atoms with van der Waals surface area (Å²) in [6.07, 6.45) is 0.620. The Morgan fingerprint density at radius 3 is 2.67 bits per heavy atom. The van der Waals surface area contributed by atoms with E-state index in [1.54, 1.807) is 6.92 Å². The number of nitrogens with two attached hydrogens (primary N) is 2. The minimum atomic E-state index is -0.262. The Kier molecular flexibility index (Phi) is 2.03. The molecule has 0 saturated heterocycles. The average molecular weight is 168 g/mol. The third kappa shape index (κ3) is 1.13. The lowest BCUT2D eigenvalue weighted by Gasteiger charge is -2.06. The Hall–Kier alpha value is -1.52. The van der Waals surface area contributed by atoms with E-state index in [4.69, 9.17) is 11.6 Å². The molecule has 0 aliphatic rings. The first kappa shape index (κ1) is 8.58. The van der Waals surface area contributed by atoms with E-state index < -0.39 is 0 Å². The first-order valence-electron chi connectivity index (χ1n) is 3.71. The van der Waals surface area contributed by atoms with Gasteiger partial charge >= 0.3 is 0 Å². The summed E-state index contributed by atoms with van der Waals surface area (Å²) < 4.78 is 0.867. The molecule has 1 rings (SSSR count). The summed E-state index contributed by atoms with van der Waals surface area (Å²) in [5.41, 5.74) is 6.38. The average Bonchev–Trinajstić information content (AvgIpc) is 2.01. The number of nitrogens with zero attached hydrogens (tertiary/aromatic N) is 2. The van der Waals surface area contributed by atoms with Crippen molar-refractivity contribution in [1.82, 2.24) is 9.66 Å². The fraction of sp³-hybridized carbons (Fsp3) is 0.429. The summed E-state index contributed by atoms with van der Waals surface area (Å²) >= 11 is 0. The lowest BCUT2D eigenvalue weighted by molar-refractivity contribution is 0.851. The van der Waals surface area contributed by atoms with Crippen LogP contribution in [0.5, 0.6) is 0 Å². The van der Waals surface area contributed by atoms with Crippen LogP contribution in [0.3, 0.4) is 0 Å². The maximum atomic E-state index is 11.4. The number of aromatic nitrogens is 2. The minimum Gasteiger partial charge on any atom is -0.368 e. The molecule has 12 heavy (non-hydrogen) atoms. The zero-order chi connectivity index (χ0) is 9.30. The standard InChI is InChI=1S/C7H12N4O/c1-3-5-4(2)10-7(8)11(9)6(5)12/h3,9H2,1-2H3,(H2,8,10). The lowest BCUT2D eigenvalue weighted by atomic mass is 10.2. The number of anilines is 1. The van der Waals surface area contributed by atoms with E-state index in [1.165, 1.54) is 0 Å². The molecule has 1 heterocycles. The normalized spacial score (nSPS) is 10.2. The van der Waals surface area contributed by atoms with Gasteiger partial charge in [0.05, 0.1) is 5.69 Å². The van der Waals surface area contributed by atoms with Crippen molar-refractivity contribution >= 4 is 5.95 Å². The minimum absolute atomic E-state index is 0.0506. The highest BCUT2D eigenvalue weighted by atomic mass is 16.1. The summed E-state index contributed by atoms with van der Waals surface area (Å²) in [4.78, 5) is 15.3. The maximum Gasteiger partial charge on any atom is 0.276 e. The van der Waals surface area contributed by atoms with Gasteiger partial charge in [0.25, 0.3) is 5.56 Å². The van der Waals surface area contributed by atoms with Crippen molar-refractivity contribution in [2.75, 3.05) is 11.6 Å². The van der Waals surface area contributed by atoms with Crippen molar-refractivity contribution in [2.24, 2.45) is 0 Å². The van der Waals surface area contributed by atoms with E-state index >= 15 is 0 Å². The molecule has 0 amide bonds. The van der Waals surface area contributed by atoms with Crippen molar-refractivity contribution in [2.45, 2.75) is 20.3 Å². The molecule has 5 nitrogen and oxygen atoms in total. The Morgan fingerprint density at radius 2 is 2.17 bits per heavy atom. The largest absolute Gasteiger partial charge is 0.368 e. The van der Waals surface area contributed by atoms with Gasteiger partial charge in [0.1, 0.15) is 0 Å². The van der Waals surface area contributed by atoms with Crippen molar-refractivity contribution in [3.05, 3.63) is 21.6 Å². The number of rotatable bonds is 1. The van der Waals surface area contributed by atoms with Gasteiger partial charge in [-0.1, -0.05) is 6.92 Å². The van der Waals surface area contributed by atoms with Gasteiger partial charge in [-0.05, 0) is 13.3 Å². The van der Waals surface area contributed by atoms with E-state index in [0.29, 0.717) is 17.7 Å². The molecule has 0 aliphatic heterocycles. The SMILES string of the molecule is CCc1c(C)nc(N)n(N)c1=O. The molecule has 0 radical (unpaired) electrons. The molecule has 0 atom stereocenters. The van der Waals surface area contributed by atoms with Gasteiger partial charge in [-0.2, -0.15) is 4.68 Å². The second kappa shape index (κ2) is 2.84. The van der Waals surface area contributed by atoms with E-state index in [2.05, 4.69) is 4.98 Å². The summed E-state index contributed by atoms with van der Waals surface area (Å²) in [7, 11) is 0. The van der Waals surface area contributed by atoms with Crippen LogP contribution in [-0.4, -0.2) is 9.66 Å². The molecule has 0 aliphatic carbocycles. The summed E-state index contributed by atoms with van der Waals surface area (Å²) in [6, 6.07) is 0. The van der Waals surface area contributed by atoms with Gasteiger partial charge in [-0.15, -0.1) is 0 Å². The molecule has 0 unspecified atom stereocenters. The van der Waals surface area contributed by atoms with Crippen LogP contribution >= 0.6 is 0 Å². The molecule has 0 bridgehead atoms. The van der Waals surface area contributed by atoms with Gasteiger partial charge in [0, 0.05) is 5.56 Å². The van der Waals surface area contributed by atoms with Crippen molar-refractivity contribution in [3.8, 4) is 0 Å². The highest BCUT2D eigenvalue weighted by molar-refractivity contribution is 5.26. The van der Waals surface area contributed by atoms with Crippen molar-refractivity contribution in [1.29, 1.82) is 0 Å². The van der Waals surface area contributed by atoms with Crippen molar-refractivity contribution < 1.29 is 0 Å². The highest BCUT2D eigenvalue weighted by Gasteiger charge is 2.07. The molecule has 1 aromatic heterocycles. The van der Waals surface area contributed by atoms with E-state index in [9.17, 15) is 4.79 Å². The Labute approximate surface area is 70.0 Å². The van der Waals surface area contributed by atoms with Crippen molar-refractivity contribution in [3.63, 3.8) is 0 Å². The second-order valence-electron chi connectivity index (χ2n) is 2.56. The predicted molar refractivity (Wildman–Crippen MR) is 47.2 cm³/mol. The quantitative estimate of drug-likeness (QED) is 0.549. The lowest BCUT2D eigenvalue weighted by Crippen LogP contribution is -2.33. The van der Waals surface area contributed by atoms with Crippen LogP contribution in [0.25, 0.3) is 0 Å². The second-order valence-corrected chi connectivity index (χ2v) is 2.56. The van der Waals surface area contributed by atoms with Crippen LogP contribution in [0.4, 0.5) is 5.95 Å².